The van der Waals surface area contributed by atoms with Crippen LogP contribution in [0.4, 0.5) is 5.69 Å². The summed E-state index contributed by atoms with van der Waals surface area (Å²) in [6, 6.07) is 2.16. The van der Waals surface area contributed by atoms with E-state index in [1.54, 1.807) is 6.92 Å². The predicted molar refractivity (Wildman–Crippen MR) is 80.3 cm³/mol. The van der Waals surface area contributed by atoms with Crippen molar-refractivity contribution in [1.82, 2.24) is 4.98 Å². The van der Waals surface area contributed by atoms with Crippen molar-refractivity contribution in [2.75, 3.05) is 5.32 Å². The number of carboxylic acid groups (broad SMARTS) is 1. The van der Waals surface area contributed by atoms with E-state index in [4.69, 9.17) is 0 Å². The number of carbonyl (C=O) groups is 1. The first-order chi connectivity index (χ1) is 9.31. The number of pyridine rings is 1. The zero-order chi connectivity index (χ0) is 14.9. The molecule has 2 rings (SSSR count). The van der Waals surface area contributed by atoms with Gasteiger partial charge in [0.25, 0.3) is 0 Å². The van der Waals surface area contributed by atoms with Gasteiger partial charge in [-0.25, -0.2) is 4.79 Å². The first-order valence-electron chi connectivity index (χ1n) is 7.29. The fourth-order valence-electron chi connectivity index (χ4n) is 3.16. The molecule has 0 aliphatic heterocycles. The molecule has 1 unspecified atom stereocenters. The highest BCUT2D eigenvalue weighted by Crippen LogP contribution is 2.38. The lowest BCUT2D eigenvalue weighted by atomic mass is 9.73. The van der Waals surface area contributed by atoms with Crippen molar-refractivity contribution in [3.05, 3.63) is 23.0 Å². The SMILES string of the molecule is Cc1cc(NC2CCCCC2(C)C)c(C(=O)O)c(C)n1. The summed E-state index contributed by atoms with van der Waals surface area (Å²) >= 11 is 0. The summed E-state index contributed by atoms with van der Waals surface area (Å²) in [6.45, 7) is 8.17. The van der Waals surface area contributed by atoms with Crippen LogP contribution >= 0.6 is 0 Å². The summed E-state index contributed by atoms with van der Waals surface area (Å²) in [5, 5.41) is 12.9. The Morgan fingerprint density at radius 1 is 1.40 bits per heavy atom. The zero-order valence-corrected chi connectivity index (χ0v) is 12.8. The van der Waals surface area contributed by atoms with Crippen LogP contribution < -0.4 is 5.32 Å². The molecule has 0 saturated heterocycles. The lowest BCUT2D eigenvalue weighted by Gasteiger charge is -2.40. The van der Waals surface area contributed by atoms with Gasteiger partial charge < -0.3 is 10.4 Å². The number of hydrogen-bond acceptors (Lipinski definition) is 3. The van der Waals surface area contributed by atoms with Crippen LogP contribution in [0.3, 0.4) is 0 Å². The molecule has 1 atom stereocenters. The Balaban J connectivity index is 2.35. The molecule has 2 N–H and O–H groups in total. The summed E-state index contributed by atoms with van der Waals surface area (Å²) in [5.41, 5.74) is 2.63. The van der Waals surface area contributed by atoms with E-state index in [1.165, 1.54) is 19.3 Å². The summed E-state index contributed by atoms with van der Waals surface area (Å²) in [6.07, 6.45) is 4.72. The van der Waals surface area contributed by atoms with Gasteiger partial charge in [0, 0.05) is 11.7 Å². The first-order valence-corrected chi connectivity index (χ1v) is 7.29. The van der Waals surface area contributed by atoms with E-state index in [1.807, 2.05) is 13.0 Å². The fraction of sp³-hybridized carbons (Fsp3) is 0.625. The van der Waals surface area contributed by atoms with E-state index >= 15 is 0 Å². The van der Waals surface area contributed by atoms with Gasteiger partial charge in [-0.3, -0.25) is 4.98 Å². The summed E-state index contributed by atoms with van der Waals surface area (Å²) in [5.74, 6) is -0.911. The highest BCUT2D eigenvalue weighted by atomic mass is 16.4. The minimum atomic E-state index is -0.911. The minimum Gasteiger partial charge on any atom is -0.478 e. The smallest absolute Gasteiger partial charge is 0.339 e. The number of rotatable bonds is 3. The van der Waals surface area contributed by atoms with Gasteiger partial charge in [0.1, 0.15) is 5.56 Å². The van der Waals surface area contributed by atoms with Crippen LogP contribution in [0.1, 0.15) is 61.3 Å². The number of aryl methyl sites for hydroxylation is 2. The molecule has 110 valence electrons. The number of aromatic carboxylic acids is 1. The largest absolute Gasteiger partial charge is 0.478 e. The molecule has 1 aromatic heterocycles. The molecule has 4 nitrogen and oxygen atoms in total. The molecule has 1 heterocycles. The quantitative estimate of drug-likeness (QED) is 0.882. The first kappa shape index (κ1) is 14.8. The Labute approximate surface area is 120 Å². The number of hydrogen-bond donors (Lipinski definition) is 2. The topological polar surface area (TPSA) is 62.2 Å². The molecular weight excluding hydrogens is 252 g/mol. The van der Waals surface area contributed by atoms with Gasteiger partial charge in [-0.05, 0) is 38.2 Å². The van der Waals surface area contributed by atoms with Gasteiger partial charge in [-0.1, -0.05) is 26.7 Å². The number of anilines is 1. The standard InChI is InChI=1S/C16H24N2O2/c1-10-9-12(14(15(19)20)11(2)17-10)18-13-7-5-6-8-16(13,3)4/h9,13H,5-8H2,1-4H3,(H,17,18)(H,19,20). The van der Waals surface area contributed by atoms with Gasteiger partial charge in [-0.2, -0.15) is 0 Å². The van der Waals surface area contributed by atoms with E-state index < -0.39 is 5.97 Å². The molecule has 1 saturated carbocycles. The second-order valence-electron chi connectivity index (χ2n) is 6.51. The molecule has 1 aliphatic rings. The minimum absolute atomic E-state index is 0.194. The third-order valence-corrected chi connectivity index (χ3v) is 4.38. The molecule has 0 radical (unpaired) electrons. The molecule has 0 amide bonds. The van der Waals surface area contributed by atoms with Gasteiger partial charge >= 0.3 is 5.97 Å². The van der Waals surface area contributed by atoms with Crippen molar-refractivity contribution < 1.29 is 9.90 Å². The Kier molecular flexibility index (Phi) is 4.02. The molecule has 0 spiro atoms. The van der Waals surface area contributed by atoms with Gasteiger partial charge in [0.15, 0.2) is 0 Å². The van der Waals surface area contributed by atoms with Crippen LogP contribution in [0.5, 0.6) is 0 Å². The van der Waals surface area contributed by atoms with E-state index in [2.05, 4.69) is 24.1 Å². The molecule has 0 bridgehead atoms. The van der Waals surface area contributed by atoms with Crippen molar-refractivity contribution in [1.29, 1.82) is 0 Å². The van der Waals surface area contributed by atoms with Crippen LogP contribution in [-0.4, -0.2) is 22.1 Å². The van der Waals surface area contributed by atoms with Crippen LogP contribution in [0.25, 0.3) is 0 Å². The van der Waals surface area contributed by atoms with Crippen molar-refractivity contribution in [3.63, 3.8) is 0 Å². The van der Waals surface area contributed by atoms with Crippen LogP contribution in [0.15, 0.2) is 6.07 Å². The van der Waals surface area contributed by atoms with E-state index in [0.717, 1.165) is 12.1 Å². The normalized spacial score (nSPS) is 21.5. The fourth-order valence-corrected chi connectivity index (χ4v) is 3.16. The van der Waals surface area contributed by atoms with Crippen molar-refractivity contribution in [2.45, 2.75) is 59.4 Å². The van der Waals surface area contributed by atoms with Crippen LogP contribution in [0, 0.1) is 19.3 Å². The third kappa shape index (κ3) is 2.94. The Hall–Kier alpha value is -1.58. The Bertz CT molecular complexity index is 523. The van der Waals surface area contributed by atoms with Gasteiger partial charge in [0.2, 0.25) is 0 Å². The zero-order valence-electron chi connectivity index (χ0n) is 12.8. The summed E-state index contributed by atoms with van der Waals surface area (Å²) < 4.78 is 0. The molecule has 1 fully saturated rings. The molecule has 4 heteroatoms. The van der Waals surface area contributed by atoms with Crippen molar-refractivity contribution in [2.24, 2.45) is 5.41 Å². The third-order valence-electron chi connectivity index (χ3n) is 4.38. The summed E-state index contributed by atoms with van der Waals surface area (Å²) in [4.78, 5) is 15.7. The van der Waals surface area contributed by atoms with E-state index in [9.17, 15) is 9.90 Å². The number of nitrogens with one attached hydrogen (secondary N) is 1. The maximum atomic E-state index is 11.5. The highest BCUT2D eigenvalue weighted by molar-refractivity contribution is 5.95. The average Bonchev–Trinajstić information content (AvgIpc) is 2.30. The predicted octanol–water partition coefficient (Wildman–Crippen LogP) is 3.78. The van der Waals surface area contributed by atoms with Crippen LogP contribution in [0.2, 0.25) is 0 Å². The molecule has 1 aromatic rings. The lowest BCUT2D eigenvalue weighted by Crippen LogP contribution is -2.39. The van der Waals surface area contributed by atoms with E-state index in [0.29, 0.717) is 23.0 Å². The molecule has 1 aliphatic carbocycles. The molecular formula is C16H24N2O2. The Morgan fingerprint density at radius 2 is 2.10 bits per heavy atom. The van der Waals surface area contributed by atoms with Crippen molar-refractivity contribution in [3.8, 4) is 0 Å². The number of nitrogens with zero attached hydrogens (tertiary/aromatic N) is 1. The lowest BCUT2D eigenvalue weighted by molar-refractivity contribution is 0.0696. The van der Waals surface area contributed by atoms with E-state index in [-0.39, 0.29) is 5.41 Å². The maximum absolute atomic E-state index is 11.5. The monoisotopic (exact) mass is 276 g/mol. The number of aromatic nitrogens is 1. The van der Waals surface area contributed by atoms with Crippen LogP contribution in [-0.2, 0) is 0 Å². The van der Waals surface area contributed by atoms with Gasteiger partial charge in [0.05, 0.1) is 11.4 Å². The second-order valence-corrected chi connectivity index (χ2v) is 6.51. The van der Waals surface area contributed by atoms with Crippen molar-refractivity contribution >= 4 is 11.7 Å². The maximum Gasteiger partial charge on any atom is 0.339 e. The molecule has 0 aromatic carbocycles. The highest BCUT2D eigenvalue weighted by Gasteiger charge is 2.33. The Morgan fingerprint density at radius 3 is 2.70 bits per heavy atom. The second kappa shape index (κ2) is 5.43. The molecule has 20 heavy (non-hydrogen) atoms. The van der Waals surface area contributed by atoms with Gasteiger partial charge in [-0.15, -0.1) is 0 Å². The average molecular weight is 276 g/mol. The summed E-state index contributed by atoms with van der Waals surface area (Å²) in [7, 11) is 0. The number of carboxylic acids is 1.